The molecule has 0 saturated carbocycles. The van der Waals surface area contributed by atoms with Gasteiger partial charge in [0.2, 0.25) is 5.91 Å². The summed E-state index contributed by atoms with van der Waals surface area (Å²) in [6, 6.07) is 31.5. The largest absolute Gasteiger partial charge is 0.468 e. The molecule has 0 fully saturated rings. The lowest BCUT2D eigenvalue weighted by molar-refractivity contribution is -0.144. The number of rotatable bonds is 10. The van der Waals surface area contributed by atoms with Crippen LogP contribution in [0.15, 0.2) is 97.1 Å². The average Bonchev–Trinajstić information content (AvgIpc) is 2.96. The normalized spacial score (nSPS) is 12.7. The molecule has 6 heteroatoms. The number of hydrogen-bond donors (Lipinski definition) is 2. The first-order valence-corrected chi connectivity index (χ1v) is 15.3. The summed E-state index contributed by atoms with van der Waals surface area (Å²) in [6.07, 6.45) is 0. The molecule has 5 nitrogen and oxygen atoms in total. The smallest absolute Gasteiger partial charge is 0.323 e. The molecular formula is C35H39N2O3P. The molecule has 2 atom stereocenters. The first-order chi connectivity index (χ1) is 19.7. The summed E-state index contributed by atoms with van der Waals surface area (Å²) in [5, 5.41) is 10.0. The van der Waals surface area contributed by atoms with Crippen LogP contribution >= 0.6 is 7.92 Å². The van der Waals surface area contributed by atoms with Crippen LogP contribution in [0.1, 0.15) is 42.1 Å². The minimum Gasteiger partial charge on any atom is -0.468 e. The number of aryl methyl sites for hydroxylation is 3. The Hall–Kier alpha value is -3.79. The van der Waals surface area contributed by atoms with Crippen LogP contribution in [0.4, 0.5) is 5.69 Å². The molecular weight excluding hydrogens is 527 g/mol. The van der Waals surface area contributed by atoms with Crippen molar-refractivity contribution in [3.63, 3.8) is 0 Å². The molecule has 41 heavy (non-hydrogen) atoms. The number of hydrogen-bond acceptors (Lipinski definition) is 4. The molecule has 0 unspecified atom stereocenters. The lowest BCUT2D eigenvalue weighted by Gasteiger charge is -2.30. The van der Waals surface area contributed by atoms with Crippen LogP contribution < -0.4 is 26.5 Å². The SMILES string of the molecule is COC(=O)[C@@H](N[C@@H](C(=O)Nc1c(C)cc(C)cc1C)c1ccccc1P(c1ccccc1)c1ccccc1)C(C)C. The van der Waals surface area contributed by atoms with Crippen molar-refractivity contribution in [2.45, 2.75) is 46.7 Å². The van der Waals surface area contributed by atoms with E-state index in [0.717, 1.165) is 33.2 Å². The van der Waals surface area contributed by atoms with Gasteiger partial charge in [-0.1, -0.05) is 116 Å². The molecule has 4 aromatic carbocycles. The third kappa shape index (κ3) is 7.11. The number of anilines is 1. The quantitative estimate of drug-likeness (QED) is 0.187. The van der Waals surface area contributed by atoms with Gasteiger partial charge in [-0.3, -0.25) is 14.9 Å². The first-order valence-electron chi connectivity index (χ1n) is 13.9. The number of carbonyl (C=O) groups excluding carboxylic acids is 2. The molecule has 0 aromatic heterocycles. The van der Waals surface area contributed by atoms with E-state index in [9.17, 15) is 9.59 Å². The van der Waals surface area contributed by atoms with Crippen molar-refractivity contribution in [3.8, 4) is 0 Å². The topological polar surface area (TPSA) is 67.4 Å². The van der Waals surface area contributed by atoms with Crippen molar-refractivity contribution in [1.82, 2.24) is 5.32 Å². The minimum absolute atomic E-state index is 0.0995. The summed E-state index contributed by atoms with van der Waals surface area (Å²) in [7, 11) is 0.385. The zero-order valence-corrected chi connectivity index (χ0v) is 25.5. The molecule has 0 aliphatic carbocycles. The van der Waals surface area contributed by atoms with E-state index in [2.05, 4.69) is 53.1 Å². The molecule has 0 heterocycles. The van der Waals surface area contributed by atoms with E-state index in [1.165, 1.54) is 17.7 Å². The van der Waals surface area contributed by atoms with E-state index in [1.54, 1.807) is 0 Å². The van der Waals surface area contributed by atoms with Gasteiger partial charge in [0.15, 0.2) is 0 Å². The zero-order chi connectivity index (χ0) is 29.5. The number of methoxy groups -OCH3 is 1. The second kappa shape index (κ2) is 13.7. The predicted octanol–water partition coefficient (Wildman–Crippen LogP) is 5.84. The fraction of sp³-hybridized carbons (Fsp3) is 0.257. The number of benzene rings is 4. The lowest BCUT2D eigenvalue weighted by Crippen LogP contribution is -2.48. The van der Waals surface area contributed by atoms with Gasteiger partial charge < -0.3 is 10.1 Å². The van der Waals surface area contributed by atoms with Gasteiger partial charge in [-0.15, -0.1) is 0 Å². The molecule has 1 amide bonds. The Labute approximate surface area is 245 Å². The maximum atomic E-state index is 14.3. The highest BCUT2D eigenvalue weighted by atomic mass is 31.1. The second-order valence-corrected chi connectivity index (χ2v) is 12.9. The van der Waals surface area contributed by atoms with E-state index in [-0.39, 0.29) is 11.8 Å². The summed E-state index contributed by atoms with van der Waals surface area (Å²) >= 11 is 0. The molecule has 0 radical (unpaired) electrons. The Morgan fingerprint density at radius 1 is 0.756 bits per heavy atom. The van der Waals surface area contributed by atoms with Gasteiger partial charge in [0, 0.05) is 5.69 Å². The summed E-state index contributed by atoms with van der Waals surface area (Å²) in [4.78, 5) is 27.2. The van der Waals surface area contributed by atoms with Crippen molar-refractivity contribution >= 4 is 41.4 Å². The Morgan fingerprint density at radius 3 is 1.78 bits per heavy atom. The maximum absolute atomic E-state index is 14.3. The third-order valence-electron chi connectivity index (χ3n) is 7.17. The standard InChI is InChI=1S/C35H39N2O3P/c1-23(2)31(35(39)40-6)36-33(34(38)37-32-25(4)21-24(3)22-26(32)5)29-19-13-14-20-30(29)41(27-15-9-7-10-16-27)28-17-11-8-12-18-28/h7-23,31,33,36H,1-6H3,(H,37,38)/t31-,33+/m0/s1. The van der Waals surface area contributed by atoms with E-state index in [1.807, 2.05) is 89.2 Å². The number of esters is 1. The van der Waals surface area contributed by atoms with Gasteiger partial charge in [-0.05, 0) is 67.2 Å². The predicted molar refractivity (Wildman–Crippen MR) is 171 cm³/mol. The van der Waals surface area contributed by atoms with E-state index in [0.29, 0.717) is 0 Å². The van der Waals surface area contributed by atoms with Crippen LogP contribution in [0.25, 0.3) is 0 Å². The van der Waals surface area contributed by atoms with Gasteiger partial charge in [0.1, 0.15) is 12.1 Å². The Bertz CT molecular complexity index is 1430. The van der Waals surface area contributed by atoms with Gasteiger partial charge in [-0.2, -0.15) is 0 Å². The maximum Gasteiger partial charge on any atom is 0.323 e. The van der Waals surface area contributed by atoms with Gasteiger partial charge in [0.25, 0.3) is 0 Å². The van der Waals surface area contributed by atoms with Crippen LogP contribution in [0, 0.1) is 26.7 Å². The van der Waals surface area contributed by atoms with Gasteiger partial charge >= 0.3 is 5.97 Å². The molecule has 212 valence electrons. The minimum atomic E-state index is -0.995. The first kappa shape index (κ1) is 30.2. The fourth-order valence-corrected chi connectivity index (χ4v) is 7.73. The Kier molecular flexibility index (Phi) is 10.1. The molecule has 4 aromatic rings. The highest BCUT2D eigenvalue weighted by molar-refractivity contribution is 7.79. The van der Waals surface area contributed by atoms with E-state index >= 15 is 0 Å². The van der Waals surface area contributed by atoms with Crippen molar-refractivity contribution < 1.29 is 14.3 Å². The third-order valence-corrected chi connectivity index (χ3v) is 9.69. The molecule has 0 aliphatic rings. The monoisotopic (exact) mass is 566 g/mol. The molecule has 0 aliphatic heterocycles. The van der Waals surface area contributed by atoms with E-state index < -0.39 is 26.0 Å². The Balaban J connectivity index is 1.88. The van der Waals surface area contributed by atoms with Gasteiger partial charge in [-0.25, -0.2) is 0 Å². The number of nitrogens with one attached hydrogen (secondary N) is 2. The van der Waals surface area contributed by atoms with Crippen molar-refractivity contribution in [1.29, 1.82) is 0 Å². The highest BCUT2D eigenvalue weighted by Gasteiger charge is 2.33. The van der Waals surface area contributed by atoms with Crippen LogP contribution in [0.5, 0.6) is 0 Å². The van der Waals surface area contributed by atoms with Crippen LogP contribution in [-0.4, -0.2) is 25.0 Å². The molecule has 0 spiro atoms. The van der Waals surface area contributed by atoms with E-state index in [4.69, 9.17) is 4.74 Å². The van der Waals surface area contributed by atoms with Crippen LogP contribution in [-0.2, 0) is 14.3 Å². The zero-order valence-electron chi connectivity index (χ0n) is 24.6. The molecule has 2 N–H and O–H groups in total. The summed E-state index contributed by atoms with van der Waals surface area (Å²) in [5.74, 6) is -0.720. The van der Waals surface area contributed by atoms with Crippen LogP contribution in [0.2, 0.25) is 0 Å². The summed E-state index contributed by atoms with van der Waals surface area (Å²) < 4.78 is 5.15. The summed E-state index contributed by atoms with van der Waals surface area (Å²) in [6.45, 7) is 9.95. The van der Waals surface area contributed by atoms with Crippen molar-refractivity contribution in [2.75, 3.05) is 12.4 Å². The van der Waals surface area contributed by atoms with Gasteiger partial charge in [0.05, 0.1) is 7.11 Å². The average molecular weight is 567 g/mol. The molecule has 4 rings (SSSR count). The highest BCUT2D eigenvalue weighted by Crippen LogP contribution is 2.36. The van der Waals surface area contributed by atoms with Crippen molar-refractivity contribution in [2.24, 2.45) is 5.92 Å². The molecule has 0 saturated heterocycles. The number of carbonyl (C=O) groups is 2. The summed E-state index contributed by atoms with van der Waals surface area (Å²) in [5.41, 5.74) is 4.75. The number of amides is 1. The lowest BCUT2D eigenvalue weighted by atomic mass is 9.99. The molecule has 0 bridgehead atoms. The second-order valence-electron chi connectivity index (χ2n) is 10.7. The number of ether oxygens (including phenoxy) is 1. The fourth-order valence-electron chi connectivity index (χ4n) is 5.24. The Morgan fingerprint density at radius 2 is 1.27 bits per heavy atom. The van der Waals surface area contributed by atoms with Crippen molar-refractivity contribution in [3.05, 3.63) is 119 Å². The van der Waals surface area contributed by atoms with Crippen LogP contribution in [0.3, 0.4) is 0 Å².